The summed E-state index contributed by atoms with van der Waals surface area (Å²) in [7, 11) is 1.46. The average Bonchev–Trinajstić information content (AvgIpc) is 2.65. The molecule has 0 aliphatic rings. The van der Waals surface area contributed by atoms with Gasteiger partial charge in [0.2, 0.25) is 0 Å². The van der Waals surface area contributed by atoms with E-state index in [-0.39, 0.29) is 6.04 Å². The maximum atomic E-state index is 12.0. The number of benzene rings is 2. The van der Waals surface area contributed by atoms with Gasteiger partial charge in [-0.3, -0.25) is 0 Å². The van der Waals surface area contributed by atoms with Gasteiger partial charge in [-0.2, -0.15) is 0 Å². The molecule has 1 N–H and O–H groups in total. The summed E-state index contributed by atoms with van der Waals surface area (Å²) in [5.41, 5.74) is 1.57. The van der Waals surface area contributed by atoms with E-state index >= 15 is 0 Å². The van der Waals surface area contributed by atoms with Gasteiger partial charge in [0.1, 0.15) is 25.1 Å². The minimum absolute atomic E-state index is 0.356. The fourth-order valence-corrected chi connectivity index (χ4v) is 2.45. The van der Waals surface area contributed by atoms with E-state index in [1.54, 1.807) is 6.21 Å². The Bertz CT molecular complexity index is 752. The van der Waals surface area contributed by atoms with Gasteiger partial charge in [0.15, 0.2) is 0 Å². The van der Waals surface area contributed by atoms with Crippen LogP contribution in [0, 0.1) is 0 Å². The van der Waals surface area contributed by atoms with Crippen LogP contribution < -0.4 is 10.1 Å². The first-order valence-electron chi connectivity index (χ1n) is 9.17. The zero-order valence-electron chi connectivity index (χ0n) is 16.8. The molecule has 0 heterocycles. The van der Waals surface area contributed by atoms with Crippen LogP contribution in [0.15, 0.2) is 59.8 Å². The second-order valence-corrected chi connectivity index (χ2v) is 7.31. The molecule has 0 aliphatic carbocycles. The number of nitrogens with one attached hydrogen (secondary N) is 1. The number of alkyl carbamates (subject to hydrolysis) is 1. The van der Waals surface area contributed by atoms with Gasteiger partial charge >= 0.3 is 6.09 Å². The van der Waals surface area contributed by atoms with Gasteiger partial charge in [-0.05, 0) is 50.5 Å². The van der Waals surface area contributed by atoms with E-state index in [4.69, 9.17) is 14.3 Å². The first kappa shape index (κ1) is 21.3. The van der Waals surface area contributed by atoms with Crippen molar-refractivity contribution in [3.8, 4) is 5.75 Å². The second kappa shape index (κ2) is 10.3. The van der Waals surface area contributed by atoms with Crippen LogP contribution in [0.25, 0.3) is 0 Å². The molecule has 2 aromatic carbocycles. The van der Waals surface area contributed by atoms with Gasteiger partial charge in [-0.15, -0.1) is 0 Å². The van der Waals surface area contributed by atoms with Gasteiger partial charge in [0.05, 0.1) is 12.3 Å². The number of carbonyl (C=O) groups is 1. The fraction of sp³-hybridized carbons (Fsp3) is 0.364. The largest absolute Gasteiger partial charge is 0.489 e. The molecule has 0 saturated heterocycles. The molecule has 0 aromatic heterocycles. The number of hydrogen-bond donors (Lipinski definition) is 1. The molecule has 0 bridgehead atoms. The molecule has 6 heteroatoms. The Kier molecular flexibility index (Phi) is 7.87. The predicted molar refractivity (Wildman–Crippen MR) is 110 cm³/mol. The predicted octanol–water partition coefficient (Wildman–Crippen LogP) is 4.33. The molecule has 1 unspecified atom stereocenters. The molecule has 28 heavy (non-hydrogen) atoms. The van der Waals surface area contributed by atoms with Crippen LogP contribution in [0.2, 0.25) is 0 Å². The zero-order chi connectivity index (χ0) is 20.4. The molecular formula is C22H28N2O4. The van der Waals surface area contributed by atoms with E-state index in [0.717, 1.165) is 16.9 Å². The molecule has 2 aromatic rings. The number of oxime groups is 1. The van der Waals surface area contributed by atoms with E-state index in [0.29, 0.717) is 13.0 Å². The third-order valence-electron chi connectivity index (χ3n) is 3.68. The van der Waals surface area contributed by atoms with Gasteiger partial charge < -0.3 is 19.6 Å². The van der Waals surface area contributed by atoms with E-state index in [9.17, 15) is 4.79 Å². The van der Waals surface area contributed by atoms with E-state index in [1.807, 2.05) is 75.4 Å². The van der Waals surface area contributed by atoms with Gasteiger partial charge in [-0.1, -0.05) is 47.6 Å². The van der Waals surface area contributed by atoms with E-state index in [2.05, 4.69) is 10.5 Å². The van der Waals surface area contributed by atoms with Crippen LogP contribution in [-0.2, 0) is 22.6 Å². The lowest BCUT2D eigenvalue weighted by atomic mass is 10.1. The molecule has 0 fully saturated rings. The van der Waals surface area contributed by atoms with Crippen molar-refractivity contribution in [2.45, 2.75) is 45.4 Å². The summed E-state index contributed by atoms with van der Waals surface area (Å²) in [6, 6.07) is 17.4. The van der Waals surface area contributed by atoms with Crippen LogP contribution in [-0.4, -0.2) is 31.1 Å². The number of ether oxygens (including phenoxy) is 2. The Morgan fingerprint density at radius 3 is 2.36 bits per heavy atom. The van der Waals surface area contributed by atoms with Crippen molar-refractivity contribution in [2.24, 2.45) is 5.16 Å². The minimum atomic E-state index is -0.565. The van der Waals surface area contributed by atoms with Gasteiger partial charge in [-0.25, -0.2) is 4.79 Å². The Balaban J connectivity index is 1.93. The quantitative estimate of drug-likeness (QED) is 0.543. The third kappa shape index (κ3) is 8.12. The topological polar surface area (TPSA) is 69.2 Å². The number of rotatable bonds is 8. The van der Waals surface area contributed by atoms with Crippen LogP contribution in [0.1, 0.15) is 31.9 Å². The Morgan fingerprint density at radius 1 is 1.07 bits per heavy atom. The van der Waals surface area contributed by atoms with Crippen molar-refractivity contribution in [3.05, 3.63) is 65.7 Å². The maximum absolute atomic E-state index is 12.0. The van der Waals surface area contributed by atoms with E-state index in [1.165, 1.54) is 7.11 Å². The van der Waals surface area contributed by atoms with E-state index < -0.39 is 11.7 Å². The lowest BCUT2D eigenvalue weighted by molar-refractivity contribution is 0.0518. The molecular weight excluding hydrogens is 356 g/mol. The summed E-state index contributed by atoms with van der Waals surface area (Å²) in [5.74, 6) is 0.787. The minimum Gasteiger partial charge on any atom is -0.489 e. The molecule has 0 radical (unpaired) electrons. The highest BCUT2D eigenvalue weighted by Crippen LogP contribution is 2.15. The first-order valence-corrected chi connectivity index (χ1v) is 9.17. The summed E-state index contributed by atoms with van der Waals surface area (Å²) >= 11 is 0. The normalized spacial score (nSPS) is 12.4. The standard InChI is InChI=1S/C22H28N2O4/c1-22(2,3)28-21(25)24-19(15-23-26-4)14-17-10-12-20(13-11-17)27-16-18-8-6-5-7-9-18/h5-13,15,19H,14,16H2,1-4H3,(H,24,25)/b23-15+. The number of carbonyl (C=O) groups excluding carboxylic acids is 1. The lowest BCUT2D eigenvalue weighted by Gasteiger charge is -2.22. The monoisotopic (exact) mass is 384 g/mol. The Morgan fingerprint density at radius 2 is 1.75 bits per heavy atom. The smallest absolute Gasteiger partial charge is 0.408 e. The summed E-state index contributed by atoms with van der Waals surface area (Å²) in [5, 5.41) is 6.57. The van der Waals surface area contributed by atoms with Crippen LogP contribution >= 0.6 is 0 Å². The zero-order valence-corrected chi connectivity index (χ0v) is 16.8. The van der Waals surface area contributed by atoms with Crippen LogP contribution in [0.3, 0.4) is 0 Å². The highest BCUT2D eigenvalue weighted by atomic mass is 16.6. The highest BCUT2D eigenvalue weighted by Gasteiger charge is 2.19. The molecule has 0 spiro atoms. The molecule has 0 aliphatic heterocycles. The number of hydrogen-bond acceptors (Lipinski definition) is 5. The molecule has 1 atom stereocenters. The van der Waals surface area contributed by atoms with Crippen molar-refractivity contribution in [1.82, 2.24) is 5.32 Å². The molecule has 0 saturated carbocycles. The van der Waals surface area contributed by atoms with Gasteiger partial charge in [0.25, 0.3) is 0 Å². The molecule has 150 valence electrons. The summed E-state index contributed by atoms with van der Waals surface area (Å²) < 4.78 is 11.1. The lowest BCUT2D eigenvalue weighted by Crippen LogP contribution is -2.41. The van der Waals surface area contributed by atoms with Crippen molar-refractivity contribution >= 4 is 12.3 Å². The SMILES string of the molecule is CO/N=C/C(Cc1ccc(OCc2ccccc2)cc1)NC(=O)OC(C)(C)C. The van der Waals surface area contributed by atoms with Crippen molar-refractivity contribution < 1.29 is 19.1 Å². The Labute approximate surface area is 166 Å². The average molecular weight is 384 g/mol. The summed E-state index contributed by atoms with van der Waals surface area (Å²) in [6.07, 6.45) is 1.59. The van der Waals surface area contributed by atoms with Crippen LogP contribution in [0.4, 0.5) is 4.79 Å². The van der Waals surface area contributed by atoms with Gasteiger partial charge in [0, 0.05) is 0 Å². The molecule has 2 rings (SSSR count). The first-order chi connectivity index (χ1) is 13.4. The maximum Gasteiger partial charge on any atom is 0.408 e. The van der Waals surface area contributed by atoms with Crippen molar-refractivity contribution in [3.63, 3.8) is 0 Å². The summed E-state index contributed by atoms with van der Waals surface area (Å²) in [4.78, 5) is 16.8. The van der Waals surface area contributed by atoms with Crippen molar-refractivity contribution in [1.29, 1.82) is 0 Å². The Hall–Kier alpha value is -3.02. The molecule has 6 nitrogen and oxygen atoms in total. The fourth-order valence-electron chi connectivity index (χ4n) is 2.45. The molecule has 1 amide bonds. The number of amides is 1. The third-order valence-corrected chi connectivity index (χ3v) is 3.68. The second-order valence-electron chi connectivity index (χ2n) is 7.31. The summed E-state index contributed by atoms with van der Waals surface area (Å²) in [6.45, 7) is 5.97. The van der Waals surface area contributed by atoms with Crippen molar-refractivity contribution in [2.75, 3.05) is 7.11 Å². The number of nitrogens with zero attached hydrogens (tertiary/aromatic N) is 1. The van der Waals surface area contributed by atoms with Crippen LogP contribution in [0.5, 0.6) is 5.75 Å². The highest BCUT2D eigenvalue weighted by molar-refractivity contribution is 5.75.